The highest BCUT2D eigenvalue weighted by atomic mass is 32.2. The number of aliphatic imine (C=N–C) groups is 1. The maximum absolute atomic E-state index is 3.89. The molecule has 4 heteroatoms. The molecule has 1 aliphatic rings. The molecule has 0 aromatic heterocycles. The highest BCUT2D eigenvalue weighted by molar-refractivity contribution is 8.00. The Morgan fingerprint density at radius 1 is 1.88 bits per heavy atom. The van der Waals surface area contributed by atoms with Crippen LogP contribution < -0.4 is 10.6 Å². The van der Waals surface area contributed by atoms with Crippen molar-refractivity contribution in [1.82, 2.24) is 10.6 Å². The summed E-state index contributed by atoms with van der Waals surface area (Å²) < 4.78 is 0. The van der Waals surface area contributed by atoms with Gasteiger partial charge in [-0.05, 0) is 0 Å². The van der Waals surface area contributed by atoms with E-state index in [9.17, 15) is 0 Å². The molecule has 45 valence electrons. The van der Waals surface area contributed by atoms with Gasteiger partial charge < -0.3 is 5.32 Å². The largest absolute Gasteiger partial charge is 0.352 e. The van der Waals surface area contributed by atoms with Gasteiger partial charge >= 0.3 is 0 Å². The second-order valence-corrected chi connectivity index (χ2v) is 2.19. The molecule has 0 bridgehead atoms. The molecule has 1 aliphatic heterocycles. The SMILES string of the molecule is [CH2]SC1NC=NCN1. The van der Waals surface area contributed by atoms with E-state index in [1.807, 2.05) is 0 Å². The van der Waals surface area contributed by atoms with E-state index >= 15 is 0 Å². The molecule has 0 aromatic carbocycles. The van der Waals surface area contributed by atoms with Crippen molar-refractivity contribution in [3.8, 4) is 0 Å². The first-order chi connectivity index (χ1) is 3.93. The molecule has 3 nitrogen and oxygen atoms in total. The lowest BCUT2D eigenvalue weighted by atomic mass is 10.8. The van der Waals surface area contributed by atoms with Gasteiger partial charge in [-0.1, -0.05) is 0 Å². The van der Waals surface area contributed by atoms with Gasteiger partial charge in [0.05, 0.1) is 13.0 Å². The zero-order valence-corrected chi connectivity index (χ0v) is 5.24. The fourth-order valence-electron chi connectivity index (χ4n) is 0.468. The summed E-state index contributed by atoms with van der Waals surface area (Å²) in [6.07, 6.45) is 5.33. The van der Waals surface area contributed by atoms with Crippen LogP contribution in [-0.2, 0) is 0 Å². The van der Waals surface area contributed by atoms with Gasteiger partial charge in [0, 0.05) is 6.26 Å². The van der Waals surface area contributed by atoms with Gasteiger partial charge in [0.25, 0.3) is 0 Å². The molecule has 1 radical (unpaired) electrons. The summed E-state index contributed by atoms with van der Waals surface area (Å²) in [6, 6.07) is 0. The quantitative estimate of drug-likeness (QED) is 0.523. The Balaban J connectivity index is 2.27. The Hall–Kier alpha value is -0.220. The van der Waals surface area contributed by atoms with Crippen molar-refractivity contribution >= 4 is 18.1 Å². The maximum atomic E-state index is 3.89. The van der Waals surface area contributed by atoms with Crippen LogP contribution in [0.1, 0.15) is 0 Å². The van der Waals surface area contributed by atoms with Gasteiger partial charge in [0.2, 0.25) is 0 Å². The topological polar surface area (TPSA) is 36.4 Å². The monoisotopic (exact) mass is 130 g/mol. The molecule has 0 amide bonds. The molecular weight excluding hydrogens is 122 g/mol. The van der Waals surface area contributed by atoms with Gasteiger partial charge in [-0.15, -0.1) is 11.8 Å². The van der Waals surface area contributed by atoms with Gasteiger partial charge in [0.15, 0.2) is 0 Å². The van der Waals surface area contributed by atoms with Crippen molar-refractivity contribution in [2.75, 3.05) is 6.67 Å². The van der Waals surface area contributed by atoms with Gasteiger partial charge in [-0.3, -0.25) is 10.3 Å². The van der Waals surface area contributed by atoms with Crippen LogP contribution in [0.2, 0.25) is 0 Å². The van der Waals surface area contributed by atoms with Crippen LogP contribution in [0, 0.1) is 6.26 Å². The Kier molecular flexibility index (Phi) is 2.17. The summed E-state index contributed by atoms with van der Waals surface area (Å²) in [6.45, 7) is 0.695. The Morgan fingerprint density at radius 2 is 2.75 bits per heavy atom. The average molecular weight is 130 g/mol. The molecular formula is C4H8N3S. The molecule has 1 atom stereocenters. The van der Waals surface area contributed by atoms with Crippen LogP contribution in [0.4, 0.5) is 0 Å². The van der Waals surface area contributed by atoms with Crippen LogP contribution in [0.25, 0.3) is 0 Å². The Bertz CT molecular complexity index is 93.3. The molecule has 1 heterocycles. The normalized spacial score (nSPS) is 27.4. The molecule has 0 fully saturated rings. The standard InChI is InChI=1S/C4H8N3S/c1-8-4-6-2-5-3-7-4/h2,4,7H,1,3H2,(H,5,6). The minimum atomic E-state index is 0.243. The second kappa shape index (κ2) is 2.94. The number of rotatable bonds is 1. The minimum absolute atomic E-state index is 0.243. The number of hydrogen-bond acceptors (Lipinski definition) is 4. The number of hydrogen-bond donors (Lipinski definition) is 2. The fraction of sp³-hybridized carbons (Fsp3) is 0.500. The third-order valence-corrected chi connectivity index (χ3v) is 1.49. The van der Waals surface area contributed by atoms with E-state index in [4.69, 9.17) is 0 Å². The lowest BCUT2D eigenvalue weighted by molar-refractivity contribution is 0.615. The van der Waals surface area contributed by atoms with Crippen LogP contribution in [0.15, 0.2) is 4.99 Å². The Morgan fingerprint density at radius 3 is 3.12 bits per heavy atom. The van der Waals surface area contributed by atoms with E-state index in [2.05, 4.69) is 21.9 Å². The van der Waals surface area contributed by atoms with Crippen molar-refractivity contribution in [2.24, 2.45) is 4.99 Å². The summed E-state index contributed by atoms with van der Waals surface area (Å²) >= 11 is 1.48. The molecule has 0 saturated heterocycles. The summed E-state index contributed by atoms with van der Waals surface area (Å²) in [4.78, 5) is 3.89. The zero-order chi connectivity index (χ0) is 5.82. The van der Waals surface area contributed by atoms with Crippen LogP contribution in [0.5, 0.6) is 0 Å². The first-order valence-electron chi connectivity index (χ1n) is 2.32. The van der Waals surface area contributed by atoms with Crippen LogP contribution in [-0.4, -0.2) is 18.5 Å². The smallest absolute Gasteiger partial charge is 0.127 e. The summed E-state index contributed by atoms with van der Waals surface area (Å²) in [5.74, 6) is 0. The van der Waals surface area contributed by atoms with E-state index in [0.29, 0.717) is 6.67 Å². The Labute approximate surface area is 52.9 Å². The maximum Gasteiger partial charge on any atom is 0.127 e. The number of nitrogens with one attached hydrogen (secondary N) is 2. The van der Waals surface area contributed by atoms with Crippen molar-refractivity contribution < 1.29 is 0 Å². The van der Waals surface area contributed by atoms with E-state index in [1.54, 1.807) is 6.34 Å². The third kappa shape index (κ3) is 1.38. The lowest BCUT2D eigenvalue weighted by Crippen LogP contribution is -2.42. The second-order valence-electron chi connectivity index (χ2n) is 1.39. The molecule has 0 aliphatic carbocycles. The van der Waals surface area contributed by atoms with Crippen LogP contribution in [0.3, 0.4) is 0 Å². The average Bonchev–Trinajstić information content (AvgIpc) is 1.90. The van der Waals surface area contributed by atoms with E-state index in [-0.39, 0.29) is 5.50 Å². The summed E-state index contributed by atoms with van der Waals surface area (Å²) in [7, 11) is 0. The lowest BCUT2D eigenvalue weighted by Gasteiger charge is -2.17. The van der Waals surface area contributed by atoms with Crippen molar-refractivity contribution in [1.29, 1.82) is 0 Å². The number of nitrogens with zero attached hydrogens (tertiary/aromatic N) is 1. The van der Waals surface area contributed by atoms with Gasteiger partial charge in [0.1, 0.15) is 5.50 Å². The summed E-state index contributed by atoms with van der Waals surface area (Å²) in [5.41, 5.74) is 0.243. The number of thioether (sulfide) groups is 1. The summed E-state index contributed by atoms with van der Waals surface area (Å²) in [5, 5.41) is 6.03. The zero-order valence-electron chi connectivity index (χ0n) is 4.42. The van der Waals surface area contributed by atoms with E-state index in [1.165, 1.54) is 11.8 Å². The molecule has 1 unspecified atom stereocenters. The molecule has 0 saturated carbocycles. The molecule has 8 heavy (non-hydrogen) atoms. The molecule has 0 aromatic rings. The van der Waals surface area contributed by atoms with Crippen LogP contribution >= 0.6 is 11.8 Å². The first-order valence-corrected chi connectivity index (χ1v) is 3.37. The predicted octanol–water partition coefficient (Wildman–Crippen LogP) is -0.0266. The predicted molar refractivity (Wildman–Crippen MR) is 36.4 cm³/mol. The molecule has 0 spiro atoms. The first kappa shape index (κ1) is 5.91. The third-order valence-electron chi connectivity index (χ3n) is 0.852. The van der Waals surface area contributed by atoms with Crippen molar-refractivity contribution in [2.45, 2.75) is 5.50 Å². The van der Waals surface area contributed by atoms with E-state index < -0.39 is 0 Å². The van der Waals surface area contributed by atoms with E-state index in [0.717, 1.165) is 0 Å². The minimum Gasteiger partial charge on any atom is -0.352 e. The van der Waals surface area contributed by atoms with Gasteiger partial charge in [-0.2, -0.15) is 0 Å². The molecule has 1 rings (SSSR count). The highest BCUT2D eigenvalue weighted by Crippen LogP contribution is 2.00. The van der Waals surface area contributed by atoms with Crippen molar-refractivity contribution in [3.63, 3.8) is 0 Å². The van der Waals surface area contributed by atoms with Crippen molar-refractivity contribution in [3.05, 3.63) is 6.26 Å². The fourth-order valence-corrected chi connectivity index (χ4v) is 0.817. The van der Waals surface area contributed by atoms with Gasteiger partial charge in [-0.25, -0.2) is 0 Å². The molecule has 2 N–H and O–H groups in total. The highest BCUT2D eigenvalue weighted by Gasteiger charge is 2.03.